The quantitative estimate of drug-likeness (QED) is 0.916. The van der Waals surface area contributed by atoms with E-state index >= 15 is 0 Å². The lowest BCUT2D eigenvalue weighted by molar-refractivity contribution is -0.115. The first-order chi connectivity index (χ1) is 10.5. The second-order valence-electron chi connectivity index (χ2n) is 5.62. The predicted octanol–water partition coefficient (Wildman–Crippen LogP) is 2.89. The standard InChI is InChI=1S/C18H19NO3/c1-10-11(2)17-12(9-16(20)19-17)8-14(10)18(21)13-6-4-5-7-15(13)22-3/h4-8,18,21H,9H2,1-3H3,(H,19,20). The first kappa shape index (κ1) is 14.6. The number of rotatable bonds is 3. The molecule has 0 saturated heterocycles. The molecule has 2 aromatic rings. The van der Waals surface area contributed by atoms with Crippen LogP contribution < -0.4 is 10.1 Å². The molecular weight excluding hydrogens is 278 g/mol. The zero-order valence-electron chi connectivity index (χ0n) is 12.9. The van der Waals surface area contributed by atoms with Crippen LogP contribution in [-0.4, -0.2) is 18.1 Å². The molecule has 0 radical (unpaired) electrons. The molecule has 1 heterocycles. The van der Waals surface area contributed by atoms with E-state index in [4.69, 9.17) is 4.74 Å². The maximum absolute atomic E-state index is 11.6. The molecule has 0 saturated carbocycles. The van der Waals surface area contributed by atoms with E-state index in [9.17, 15) is 9.90 Å². The Morgan fingerprint density at radius 3 is 2.64 bits per heavy atom. The van der Waals surface area contributed by atoms with E-state index in [0.717, 1.165) is 33.5 Å². The van der Waals surface area contributed by atoms with Crippen molar-refractivity contribution in [1.82, 2.24) is 0 Å². The minimum Gasteiger partial charge on any atom is -0.496 e. The lowest BCUT2D eigenvalue weighted by atomic mass is 9.91. The van der Waals surface area contributed by atoms with E-state index in [1.165, 1.54) is 0 Å². The number of benzene rings is 2. The molecule has 1 aliphatic heterocycles. The fourth-order valence-electron chi connectivity index (χ4n) is 3.03. The van der Waals surface area contributed by atoms with Crippen LogP contribution in [0.15, 0.2) is 30.3 Å². The third-order valence-corrected chi connectivity index (χ3v) is 4.36. The van der Waals surface area contributed by atoms with Crippen LogP contribution in [0.3, 0.4) is 0 Å². The lowest BCUT2D eigenvalue weighted by Gasteiger charge is -2.20. The largest absolute Gasteiger partial charge is 0.496 e. The molecule has 22 heavy (non-hydrogen) atoms. The second kappa shape index (κ2) is 5.46. The van der Waals surface area contributed by atoms with Gasteiger partial charge in [-0.15, -0.1) is 0 Å². The lowest BCUT2D eigenvalue weighted by Crippen LogP contribution is -2.07. The number of anilines is 1. The van der Waals surface area contributed by atoms with Gasteiger partial charge in [0.2, 0.25) is 5.91 Å². The molecule has 0 aliphatic carbocycles. The van der Waals surface area contributed by atoms with Gasteiger partial charge in [0, 0.05) is 11.3 Å². The normalized spacial score (nSPS) is 14.5. The van der Waals surface area contributed by atoms with Crippen LogP contribution >= 0.6 is 0 Å². The summed E-state index contributed by atoms with van der Waals surface area (Å²) in [4.78, 5) is 11.6. The maximum Gasteiger partial charge on any atom is 0.228 e. The molecular formula is C18H19NO3. The van der Waals surface area contributed by atoms with Gasteiger partial charge in [-0.05, 0) is 48.2 Å². The molecule has 3 rings (SSSR count). The van der Waals surface area contributed by atoms with E-state index in [0.29, 0.717) is 12.2 Å². The average molecular weight is 297 g/mol. The number of carbonyl (C=O) groups excluding carboxylic acids is 1. The van der Waals surface area contributed by atoms with E-state index in [2.05, 4.69) is 5.32 Å². The summed E-state index contributed by atoms with van der Waals surface area (Å²) in [6.07, 6.45) is -0.418. The molecule has 1 unspecified atom stereocenters. The van der Waals surface area contributed by atoms with Crippen LogP contribution in [0.5, 0.6) is 5.75 Å². The number of aliphatic hydroxyl groups excluding tert-OH is 1. The number of ether oxygens (including phenoxy) is 1. The van der Waals surface area contributed by atoms with Gasteiger partial charge in [-0.25, -0.2) is 0 Å². The van der Waals surface area contributed by atoms with Crippen molar-refractivity contribution < 1.29 is 14.6 Å². The van der Waals surface area contributed by atoms with Crippen LogP contribution in [0.4, 0.5) is 5.69 Å². The molecule has 0 aromatic heterocycles. The summed E-state index contributed by atoms with van der Waals surface area (Å²) in [5, 5.41) is 13.7. The third kappa shape index (κ3) is 2.25. The van der Waals surface area contributed by atoms with E-state index in [1.54, 1.807) is 7.11 Å². The number of hydrogen-bond donors (Lipinski definition) is 2. The molecule has 4 nitrogen and oxygen atoms in total. The molecule has 0 bridgehead atoms. The molecule has 0 fully saturated rings. The van der Waals surface area contributed by atoms with Crippen LogP contribution in [0, 0.1) is 13.8 Å². The van der Waals surface area contributed by atoms with Gasteiger partial charge in [-0.3, -0.25) is 4.79 Å². The van der Waals surface area contributed by atoms with Crippen molar-refractivity contribution in [3.8, 4) is 5.75 Å². The Kier molecular flexibility index (Phi) is 3.62. The highest BCUT2D eigenvalue weighted by Crippen LogP contribution is 2.37. The van der Waals surface area contributed by atoms with Gasteiger partial charge in [-0.1, -0.05) is 18.2 Å². The molecule has 114 valence electrons. The molecule has 0 spiro atoms. The van der Waals surface area contributed by atoms with Gasteiger partial charge < -0.3 is 15.2 Å². The molecule has 1 amide bonds. The molecule has 2 aromatic carbocycles. The Morgan fingerprint density at radius 2 is 1.91 bits per heavy atom. The number of fused-ring (bicyclic) bond motifs is 1. The average Bonchev–Trinajstić information content (AvgIpc) is 2.91. The fourth-order valence-corrected chi connectivity index (χ4v) is 3.03. The van der Waals surface area contributed by atoms with Crippen molar-refractivity contribution in [3.05, 3.63) is 58.1 Å². The van der Waals surface area contributed by atoms with Crippen LogP contribution in [0.2, 0.25) is 0 Å². The van der Waals surface area contributed by atoms with Crippen molar-refractivity contribution in [2.75, 3.05) is 12.4 Å². The molecule has 1 atom stereocenters. The predicted molar refractivity (Wildman–Crippen MR) is 85.3 cm³/mol. The van der Waals surface area contributed by atoms with Gasteiger partial charge in [0.05, 0.1) is 13.5 Å². The highest BCUT2D eigenvalue weighted by Gasteiger charge is 2.25. The number of para-hydroxylation sites is 1. The smallest absolute Gasteiger partial charge is 0.228 e. The number of hydrogen-bond acceptors (Lipinski definition) is 3. The third-order valence-electron chi connectivity index (χ3n) is 4.36. The monoisotopic (exact) mass is 297 g/mol. The molecule has 4 heteroatoms. The summed E-state index contributed by atoms with van der Waals surface area (Å²) in [6, 6.07) is 9.36. The number of carbonyl (C=O) groups is 1. The van der Waals surface area contributed by atoms with Crippen LogP contribution in [-0.2, 0) is 11.2 Å². The van der Waals surface area contributed by atoms with Crippen molar-refractivity contribution in [1.29, 1.82) is 0 Å². The summed E-state index contributed by atoms with van der Waals surface area (Å²) >= 11 is 0. The summed E-state index contributed by atoms with van der Waals surface area (Å²) in [5.74, 6) is 0.656. The minimum absolute atomic E-state index is 0.00133. The first-order valence-corrected chi connectivity index (χ1v) is 7.26. The molecule has 2 N–H and O–H groups in total. The topological polar surface area (TPSA) is 58.6 Å². The minimum atomic E-state index is -0.782. The highest BCUT2D eigenvalue weighted by atomic mass is 16.5. The number of amides is 1. The summed E-state index contributed by atoms with van der Waals surface area (Å²) in [6.45, 7) is 3.94. The van der Waals surface area contributed by atoms with E-state index in [1.807, 2.05) is 44.2 Å². The number of nitrogens with one attached hydrogen (secondary N) is 1. The number of aliphatic hydroxyl groups is 1. The Labute approximate surface area is 129 Å². The number of methoxy groups -OCH3 is 1. The van der Waals surface area contributed by atoms with Crippen LogP contribution in [0.25, 0.3) is 0 Å². The van der Waals surface area contributed by atoms with Gasteiger partial charge in [0.15, 0.2) is 0 Å². The summed E-state index contributed by atoms with van der Waals surface area (Å²) in [5.41, 5.74) is 5.36. The maximum atomic E-state index is 11.6. The summed E-state index contributed by atoms with van der Waals surface area (Å²) in [7, 11) is 1.59. The Morgan fingerprint density at radius 1 is 1.18 bits per heavy atom. The zero-order chi connectivity index (χ0) is 15.9. The van der Waals surface area contributed by atoms with Crippen molar-refractivity contribution in [3.63, 3.8) is 0 Å². The van der Waals surface area contributed by atoms with Crippen LogP contribution in [0.1, 0.15) is 33.9 Å². The van der Waals surface area contributed by atoms with Crippen molar-refractivity contribution in [2.45, 2.75) is 26.4 Å². The van der Waals surface area contributed by atoms with E-state index < -0.39 is 6.10 Å². The van der Waals surface area contributed by atoms with Gasteiger partial charge >= 0.3 is 0 Å². The Bertz CT molecular complexity index is 752. The Hall–Kier alpha value is -2.33. The van der Waals surface area contributed by atoms with Crippen molar-refractivity contribution in [2.24, 2.45) is 0 Å². The summed E-state index contributed by atoms with van der Waals surface area (Å²) < 4.78 is 5.34. The fraction of sp³-hybridized carbons (Fsp3) is 0.278. The van der Waals surface area contributed by atoms with Gasteiger partial charge in [0.1, 0.15) is 11.9 Å². The Balaban J connectivity index is 2.11. The van der Waals surface area contributed by atoms with E-state index in [-0.39, 0.29) is 5.91 Å². The SMILES string of the molecule is COc1ccccc1C(O)c1cc2c(c(C)c1C)NC(=O)C2. The zero-order valence-corrected chi connectivity index (χ0v) is 12.9. The molecule has 1 aliphatic rings. The van der Waals surface area contributed by atoms with Gasteiger partial charge in [-0.2, -0.15) is 0 Å². The van der Waals surface area contributed by atoms with Crippen molar-refractivity contribution >= 4 is 11.6 Å². The second-order valence-corrected chi connectivity index (χ2v) is 5.62. The first-order valence-electron chi connectivity index (χ1n) is 7.26. The van der Waals surface area contributed by atoms with Gasteiger partial charge in [0.25, 0.3) is 0 Å². The highest BCUT2D eigenvalue weighted by molar-refractivity contribution is 6.00.